The Labute approximate surface area is 125 Å². The minimum absolute atomic E-state index is 0.274. The first-order chi connectivity index (χ1) is 10.2. The van der Waals surface area contributed by atoms with E-state index in [1.54, 1.807) is 7.11 Å². The zero-order valence-corrected chi connectivity index (χ0v) is 12.6. The normalized spacial score (nSPS) is 33.8. The second kappa shape index (κ2) is 4.63. The monoisotopic (exact) mass is 286 g/mol. The van der Waals surface area contributed by atoms with E-state index >= 15 is 0 Å². The van der Waals surface area contributed by atoms with E-state index in [0.717, 1.165) is 5.75 Å². The molecule has 0 aromatic heterocycles. The van der Waals surface area contributed by atoms with Crippen LogP contribution in [0, 0.1) is 5.92 Å². The van der Waals surface area contributed by atoms with Crippen molar-refractivity contribution in [2.75, 3.05) is 33.0 Å². The predicted molar refractivity (Wildman–Crippen MR) is 83.4 cm³/mol. The van der Waals surface area contributed by atoms with Crippen molar-refractivity contribution < 1.29 is 4.74 Å². The summed E-state index contributed by atoms with van der Waals surface area (Å²) in [6, 6.07) is 6.83. The molecule has 0 radical (unpaired) electrons. The van der Waals surface area contributed by atoms with Crippen LogP contribution in [0.1, 0.15) is 24.4 Å². The molecular weight excluding hydrogens is 264 g/mol. The van der Waals surface area contributed by atoms with Gasteiger partial charge >= 0.3 is 0 Å². The molecule has 4 heterocycles. The van der Waals surface area contributed by atoms with Gasteiger partial charge in [0.15, 0.2) is 0 Å². The molecule has 3 saturated heterocycles. The molecule has 4 aliphatic rings. The number of benzene rings is 1. The highest BCUT2D eigenvalue weighted by atomic mass is 16.5. The molecule has 5 heteroatoms. The number of hydrazone groups is 1. The summed E-state index contributed by atoms with van der Waals surface area (Å²) in [5.74, 6) is 1.43. The number of fused-ring (bicyclic) bond motifs is 2. The van der Waals surface area contributed by atoms with Gasteiger partial charge in [-0.25, -0.2) is 0 Å². The van der Waals surface area contributed by atoms with Crippen molar-refractivity contribution in [3.63, 3.8) is 0 Å². The first kappa shape index (κ1) is 13.0. The molecule has 3 fully saturated rings. The highest BCUT2D eigenvalue weighted by Crippen LogP contribution is 2.43. The van der Waals surface area contributed by atoms with Gasteiger partial charge in [-0.05, 0) is 43.6 Å². The summed E-state index contributed by atoms with van der Waals surface area (Å²) in [6.07, 6.45) is 2.53. The van der Waals surface area contributed by atoms with Gasteiger partial charge in [0.1, 0.15) is 5.75 Å². The summed E-state index contributed by atoms with van der Waals surface area (Å²) in [7, 11) is 3.73. The molecule has 1 aromatic rings. The van der Waals surface area contributed by atoms with Crippen molar-refractivity contribution in [3.8, 4) is 5.75 Å². The van der Waals surface area contributed by atoms with Crippen LogP contribution in [0.4, 0.5) is 5.69 Å². The molecule has 2 bridgehead atoms. The standard InChI is InChI=1S/C16H22N4O/c1-19-15(11-3-4-13(21-2)12(17)9-11)16-14(18-19)10-5-7-20(16)8-6-10/h3-4,9-10,15-16H,5-8,17H2,1-2H3. The minimum atomic E-state index is 0.274. The summed E-state index contributed by atoms with van der Waals surface area (Å²) in [5.41, 5.74) is 9.41. The molecule has 2 unspecified atom stereocenters. The van der Waals surface area contributed by atoms with Crippen LogP contribution in [-0.2, 0) is 0 Å². The number of nitrogens with zero attached hydrogens (tertiary/aromatic N) is 3. The molecule has 0 spiro atoms. The van der Waals surface area contributed by atoms with Crippen molar-refractivity contribution >= 4 is 11.4 Å². The number of hydrogen-bond acceptors (Lipinski definition) is 5. The summed E-state index contributed by atoms with van der Waals surface area (Å²) in [4.78, 5) is 2.59. The fraction of sp³-hybridized carbons (Fsp3) is 0.562. The Morgan fingerprint density at radius 3 is 2.67 bits per heavy atom. The van der Waals surface area contributed by atoms with E-state index < -0.39 is 0 Å². The zero-order chi connectivity index (χ0) is 14.6. The van der Waals surface area contributed by atoms with Crippen molar-refractivity contribution in [1.82, 2.24) is 9.91 Å². The second-order valence-electron chi connectivity index (χ2n) is 6.30. The van der Waals surface area contributed by atoms with Gasteiger partial charge in [-0.2, -0.15) is 5.10 Å². The Bertz CT molecular complexity index is 592. The number of nitrogen functional groups attached to an aromatic ring is 1. The summed E-state index contributed by atoms with van der Waals surface area (Å²) in [5, 5.41) is 6.98. The maximum atomic E-state index is 6.09. The quantitative estimate of drug-likeness (QED) is 0.841. The molecule has 5 nitrogen and oxygen atoms in total. The smallest absolute Gasteiger partial charge is 0.141 e. The van der Waals surface area contributed by atoms with E-state index in [1.165, 1.54) is 37.2 Å². The van der Waals surface area contributed by atoms with Gasteiger partial charge in [-0.1, -0.05) is 6.07 Å². The van der Waals surface area contributed by atoms with Crippen molar-refractivity contribution in [1.29, 1.82) is 0 Å². The van der Waals surface area contributed by atoms with E-state index in [-0.39, 0.29) is 6.04 Å². The zero-order valence-electron chi connectivity index (χ0n) is 12.6. The number of likely N-dealkylation sites (N-methyl/N-ethyl adjacent to an activating group) is 1. The molecule has 4 aliphatic heterocycles. The molecule has 0 amide bonds. The van der Waals surface area contributed by atoms with Crippen LogP contribution in [0.15, 0.2) is 23.3 Å². The van der Waals surface area contributed by atoms with Crippen molar-refractivity contribution in [3.05, 3.63) is 23.8 Å². The second-order valence-corrected chi connectivity index (χ2v) is 6.30. The first-order valence-corrected chi connectivity index (χ1v) is 7.67. The average molecular weight is 286 g/mol. The minimum Gasteiger partial charge on any atom is -0.495 e. The number of hydrogen-bond donors (Lipinski definition) is 1. The largest absolute Gasteiger partial charge is 0.495 e. The van der Waals surface area contributed by atoms with Crippen LogP contribution >= 0.6 is 0 Å². The third-order valence-corrected chi connectivity index (χ3v) is 5.21. The van der Waals surface area contributed by atoms with Crippen molar-refractivity contribution in [2.24, 2.45) is 11.0 Å². The average Bonchev–Trinajstić information content (AvgIpc) is 2.87. The molecule has 2 atom stereocenters. The molecule has 112 valence electrons. The Morgan fingerprint density at radius 1 is 1.24 bits per heavy atom. The predicted octanol–water partition coefficient (Wildman–Crippen LogP) is 1.71. The number of rotatable bonds is 2. The molecule has 2 N–H and O–H groups in total. The molecule has 1 aromatic carbocycles. The Morgan fingerprint density at radius 2 is 2.00 bits per heavy atom. The summed E-state index contributed by atoms with van der Waals surface area (Å²) >= 11 is 0. The lowest BCUT2D eigenvalue weighted by Crippen LogP contribution is -2.56. The van der Waals surface area contributed by atoms with Crippen LogP contribution in [0.5, 0.6) is 5.75 Å². The number of nitrogens with two attached hydrogens (primary N) is 1. The molecule has 0 saturated carbocycles. The third kappa shape index (κ3) is 1.83. The number of piperidine rings is 3. The Balaban J connectivity index is 1.71. The van der Waals surface area contributed by atoms with Gasteiger partial charge in [0.25, 0.3) is 0 Å². The van der Waals surface area contributed by atoms with Gasteiger partial charge < -0.3 is 10.5 Å². The molecular formula is C16H22N4O. The van der Waals surface area contributed by atoms with E-state index in [2.05, 4.69) is 23.0 Å². The maximum absolute atomic E-state index is 6.09. The highest BCUT2D eigenvalue weighted by Gasteiger charge is 2.48. The van der Waals surface area contributed by atoms with Gasteiger partial charge in [0.2, 0.25) is 0 Å². The van der Waals surface area contributed by atoms with E-state index in [4.69, 9.17) is 15.6 Å². The van der Waals surface area contributed by atoms with E-state index in [9.17, 15) is 0 Å². The SMILES string of the molecule is COc1ccc(C2C3C(=NN2C)C2CCN3CC2)cc1N. The lowest BCUT2D eigenvalue weighted by Gasteiger charge is -2.46. The van der Waals surface area contributed by atoms with Crippen molar-refractivity contribution in [2.45, 2.75) is 24.9 Å². The summed E-state index contributed by atoms with van der Waals surface area (Å²) < 4.78 is 5.27. The Kier molecular flexibility index (Phi) is 2.85. The maximum Gasteiger partial charge on any atom is 0.141 e. The number of methoxy groups -OCH3 is 1. The van der Waals surface area contributed by atoms with E-state index in [0.29, 0.717) is 17.6 Å². The van der Waals surface area contributed by atoms with Crippen LogP contribution < -0.4 is 10.5 Å². The van der Waals surface area contributed by atoms with Gasteiger partial charge in [-0.3, -0.25) is 9.91 Å². The topological polar surface area (TPSA) is 54.1 Å². The molecule has 21 heavy (non-hydrogen) atoms. The Hall–Kier alpha value is -1.75. The highest BCUT2D eigenvalue weighted by molar-refractivity contribution is 5.95. The van der Waals surface area contributed by atoms with Gasteiger partial charge in [-0.15, -0.1) is 0 Å². The summed E-state index contributed by atoms with van der Waals surface area (Å²) in [6.45, 7) is 2.40. The van der Waals surface area contributed by atoms with Crippen LogP contribution in [0.3, 0.4) is 0 Å². The number of anilines is 1. The lowest BCUT2D eigenvalue weighted by atomic mass is 9.78. The van der Waals surface area contributed by atoms with Gasteiger partial charge in [0.05, 0.1) is 30.6 Å². The fourth-order valence-corrected chi connectivity index (χ4v) is 4.19. The van der Waals surface area contributed by atoms with Crippen LogP contribution in [-0.4, -0.2) is 48.9 Å². The molecule has 5 rings (SSSR count). The lowest BCUT2D eigenvalue weighted by molar-refractivity contribution is 0.107. The van der Waals surface area contributed by atoms with Gasteiger partial charge in [0, 0.05) is 13.0 Å². The first-order valence-electron chi connectivity index (χ1n) is 7.67. The number of ether oxygens (including phenoxy) is 1. The third-order valence-electron chi connectivity index (χ3n) is 5.21. The van der Waals surface area contributed by atoms with Crippen LogP contribution in [0.2, 0.25) is 0 Å². The fourth-order valence-electron chi connectivity index (χ4n) is 4.19. The van der Waals surface area contributed by atoms with E-state index in [1.807, 2.05) is 12.1 Å². The molecule has 0 aliphatic carbocycles. The van der Waals surface area contributed by atoms with Crippen LogP contribution in [0.25, 0.3) is 0 Å².